The highest BCUT2D eigenvalue weighted by molar-refractivity contribution is 6.31. The fourth-order valence-electron chi connectivity index (χ4n) is 3.49. The summed E-state index contributed by atoms with van der Waals surface area (Å²) in [5, 5.41) is 11.5. The number of ether oxygens (including phenoxy) is 1. The number of nitrogens with two attached hydrogens (primary N) is 1. The molecule has 0 spiro atoms. The minimum absolute atomic E-state index is 0.0655. The van der Waals surface area contributed by atoms with Crippen LogP contribution in [0.1, 0.15) is 35.8 Å². The lowest BCUT2D eigenvalue weighted by atomic mass is 9.99. The van der Waals surface area contributed by atoms with Gasteiger partial charge in [-0.2, -0.15) is 0 Å². The minimum Gasteiger partial charge on any atom is -0.383 e. The van der Waals surface area contributed by atoms with E-state index in [-0.39, 0.29) is 11.8 Å². The Labute approximate surface area is 179 Å². The Hall–Kier alpha value is -2.97. The summed E-state index contributed by atoms with van der Waals surface area (Å²) in [4.78, 5) is 19.0. The third kappa shape index (κ3) is 4.01. The molecule has 1 amide bonds. The third-order valence-corrected chi connectivity index (χ3v) is 5.32. The van der Waals surface area contributed by atoms with Crippen LogP contribution in [0.2, 0.25) is 5.02 Å². The van der Waals surface area contributed by atoms with E-state index in [4.69, 9.17) is 22.1 Å². The molecule has 1 fully saturated rings. The van der Waals surface area contributed by atoms with Crippen molar-refractivity contribution in [2.75, 3.05) is 32.0 Å². The molecule has 4 rings (SSSR count). The number of nitrogen functional groups attached to an aromatic ring is 1. The molecule has 0 unspecified atom stereocenters. The number of aromatic amines is 1. The number of H-pyrrole nitrogens is 1. The number of hydrogen-bond acceptors (Lipinski definition) is 6. The summed E-state index contributed by atoms with van der Waals surface area (Å²) >= 11 is 6.35. The lowest BCUT2D eigenvalue weighted by molar-refractivity contribution is 0.0303. The predicted molar refractivity (Wildman–Crippen MR) is 115 cm³/mol. The normalized spacial score (nSPS) is 14.3. The van der Waals surface area contributed by atoms with E-state index < -0.39 is 0 Å². The molecule has 0 aliphatic carbocycles. The fourth-order valence-corrected chi connectivity index (χ4v) is 3.72. The van der Waals surface area contributed by atoms with E-state index in [2.05, 4.69) is 20.4 Å². The molecule has 156 valence electrons. The Balaban J connectivity index is 1.73. The number of anilines is 1. The monoisotopic (exact) mass is 426 g/mol. The van der Waals surface area contributed by atoms with Gasteiger partial charge >= 0.3 is 0 Å². The predicted octanol–water partition coefficient (Wildman–Crippen LogP) is 3.37. The minimum atomic E-state index is -0.0655. The lowest BCUT2D eigenvalue weighted by Gasteiger charge is -2.27. The van der Waals surface area contributed by atoms with Gasteiger partial charge in [0.2, 0.25) is 0 Å². The molecular formula is C21H23ClN6O2. The number of pyridine rings is 1. The Morgan fingerprint density at radius 3 is 2.70 bits per heavy atom. The average Bonchev–Trinajstić information content (AvgIpc) is 3.24. The summed E-state index contributed by atoms with van der Waals surface area (Å²) in [6.45, 7) is 6.32. The van der Waals surface area contributed by atoms with E-state index in [1.54, 1.807) is 23.2 Å². The zero-order valence-corrected chi connectivity index (χ0v) is 17.6. The topological polar surface area (TPSA) is 110 Å². The van der Waals surface area contributed by atoms with Gasteiger partial charge in [0.05, 0.1) is 18.9 Å². The number of carbonyl (C=O) groups excluding carboxylic acids is 1. The molecule has 0 atom stereocenters. The first-order chi connectivity index (χ1) is 14.4. The molecule has 30 heavy (non-hydrogen) atoms. The molecule has 1 aromatic carbocycles. The van der Waals surface area contributed by atoms with Crippen LogP contribution in [0.4, 0.5) is 5.82 Å². The van der Waals surface area contributed by atoms with Crippen LogP contribution >= 0.6 is 11.6 Å². The van der Waals surface area contributed by atoms with Gasteiger partial charge in [-0.05, 0) is 35.7 Å². The Morgan fingerprint density at radius 1 is 1.20 bits per heavy atom. The first kappa shape index (κ1) is 20.3. The third-order valence-electron chi connectivity index (χ3n) is 5.10. The number of benzene rings is 1. The van der Waals surface area contributed by atoms with Gasteiger partial charge in [-0.3, -0.25) is 9.89 Å². The highest BCUT2D eigenvalue weighted by Crippen LogP contribution is 2.33. The second-order valence-corrected chi connectivity index (χ2v) is 7.96. The summed E-state index contributed by atoms with van der Waals surface area (Å²) in [6.07, 6.45) is 1.67. The lowest BCUT2D eigenvalue weighted by Crippen LogP contribution is -2.40. The van der Waals surface area contributed by atoms with E-state index in [0.717, 1.165) is 16.8 Å². The fraction of sp³-hybridized carbons (Fsp3) is 0.333. The van der Waals surface area contributed by atoms with E-state index in [1.165, 1.54) is 0 Å². The van der Waals surface area contributed by atoms with Gasteiger partial charge in [-0.25, -0.2) is 4.98 Å². The summed E-state index contributed by atoms with van der Waals surface area (Å²) in [6, 6.07) is 7.22. The van der Waals surface area contributed by atoms with Crippen LogP contribution < -0.4 is 5.73 Å². The second-order valence-electron chi connectivity index (χ2n) is 7.52. The number of halogens is 1. The van der Waals surface area contributed by atoms with Crippen LogP contribution in [0.3, 0.4) is 0 Å². The molecule has 0 radical (unpaired) electrons. The molecule has 2 aromatic heterocycles. The van der Waals surface area contributed by atoms with Crippen molar-refractivity contribution in [1.82, 2.24) is 25.3 Å². The number of amides is 1. The van der Waals surface area contributed by atoms with Gasteiger partial charge in [0.1, 0.15) is 11.5 Å². The summed E-state index contributed by atoms with van der Waals surface area (Å²) in [5.41, 5.74) is 10.5. The molecule has 1 saturated heterocycles. The average molecular weight is 427 g/mol. The molecule has 0 bridgehead atoms. The number of morpholine rings is 1. The highest BCUT2D eigenvalue weighted by Gasteiger charge is 2.21. The maximum atomic E-state index is 12.9. The first-order valence-electron chi connectivity index (χ1n) is 9.79. The van der Waals surface area contributed by atoms with Crippen molar-refractivity contribution in [2.24, 2.45) is 0 Å². The van der Waals surface area contributed by atoms with Gasteiger partial charge in [0, 0.05) is 41.0 Å². The van der Waals surface area contributed by atoms with Crippen LogP contribution in [0.15, 0.2) is 30.5 Å². The molecule has 3 N–H and O–H groups in total. The van der Waals surface area contributed by atoms with Crippen molar-refractivity contribution in [1.29, 1.82) is 0 Å². The Kier molecular flexibility index (Phi) is 5.69. The second kappa shape index (κ2) is 8.41. The van der Waals surface area contributed by atoms with E-state index in [0.29, 0.717) is 54.0 Å². The van der Waals surface area contributed by atoms with Crippen LogP contribution in [0, 0.1) is 0 Å². The number of aromatic nitrogens is 4. The van der Waals surface area contributed by atoms with Gasteiger partial charge in [0.15, 0.2) is 0 Å². The largest absolute Gasteiger partial charge is 0.383 e. The Morgan fingerprint density at radius 2 is 1.97 bits per heavy atom. The van der Waals surface area contributed by atoms with Crippen molar-refractivity contribution in [3.8, 4) is 22.4 Å². The highest BCUT2D eigenvalue weighted by atomic mass is 35.5. The van der Waals surface area contributed by atoms with Crippen molar-refractivity contribution < 1.29 is 9.53 Å². The van der Waals surface area contributed by atoms with E-state index in [9.17, 15) is 4.79 Å². The molecule has 8 nitrogen and oxygen atoms in total. The maximum Gasteiger partial charge on any atom is 0.254 e. The summed E-state index contributed by atoms with van der Waals surface area (Å²) in [5.74, 6) is 0.493. The van der Waals surface area contributed by atoms with Crippen molar-refractivity contribution >= 4 is 23.3 Å². The molecule has 1 aliphatic heterocycles. The SMILES string of the molecule is CC(C)c1[nH]nnc1-c1cc(-c2cc(Cl)cc(C(=O)N3CCOCC3)c2)cnc1N. The number of carbonyl (C=O) groups is 1. The number of hydrogen-bond donors (Lipinski definition) is 2. The van der Waals surface area contributed by atoms with Gasteiger partial charge in [0.25, 0.3) is 5.91 Å². The smallest absolute Gasteiger partial charge is 0.254 e. The molecular weight excluding hydrogens is 404 g/mol. The number of nitrogens with zero attached hydrogens (tertiary/aromatic N) is 4. The van der Waals surface area contributed by atoms with Crippen LogP contribution in [0.5, 0.6) is 0 Å². The maximum absolute atomic E-state index is 12.9. The zero-order valence-electron chi connectivity index (χ0n) is 16.9. The summed E-state index contributed by atoms with van der Waals surface area (Å²) in [7, 11) is 0. The first-order valence-corrected chi connectivity index (χ1v) is 10.2. The van der Waals surface area contributed by atoms with Crippen molar-refractivity contribution in [3.05, 3.63) is 46.7 Å². The van der Waals surface area contributed by atoms with E-state index in [1.807, 2.05) is 26.0 Å². The van der Waals surface area contributed by atoms with Gasteiger partial charge < -0.3 is 15.4 Å². The van der Waals surface area contributed by atoms with Crippen LogP contribution in [0.25, 0.3) is 22.4 Å². The molecule has 9 heteroatoms. The molecule has 3 aromatic rings. The van der Waals surface area contributed by atoms with Crippen LogP contribution in [-0.2, 0) is 4.74 Å². The summed E-state index contributed by atoms with van der Waals surface area (Å²) < 4.78 is 5.33. The zero-order chi connectivity index (χ0) is 21.3. The van der Waals surface area contributed by atoms with Gasteiger partial charge in [-0.15, -0.1) is 5.10 Å². The quantitative estimate of drug-likeness (QED) is 0.661. The standard InChI is InChI=1S/C21H23ClN6O2/c1-12(2)18-19(26-27-25-18)17-10-15(11-24-20(17)23)13-7-14(9-16(22)8-13)21(29)28-3-5-30-6-4-28/h7-12H,3-6H2,1-2H3,(H2,23,24)(H,25,26,27). The van der Waals surface area contributed by atoms with E-state index >= 15 is 0 Å². The van der Waals surface area contributed by atoms with Crippen LogP contribution in [-0.4, -0.2) is 57.5 Å². The van der Waals surface area contributed by atoms with Crippen molar-refractivity contribution in [3.63, 3.8) is 0 Å². The van der Waals surface area contributed by atoms with Gasteiger partial charge in [-0.1, -0.05) is 30.7 Å². The Bertz CT molecular complexity index is 1080. The number of nitrogens with one attached hydrogen (secondary N) is 1. The molecule has 1 aliphatic rings. The molecule has 3 heterocycles. The molecule has 0 saturated carbocycles. The number of rotatable bonds is 4. The van der Waals surface area contributed by atoms with Crippen molar-refractivity contribution in [2.45, 2.75) is 19.8 Å².